The second-order valence-corrected chi connectivity index (χ2v) is 5.42. The molecule has 0 aliphatic carbocycles. The lowest BCUT2D eigenvalue weighted by Crippen LogP contribution is -2.35. The van der Waals surface area contributed by atoms with Gasteiger partial charge in [-0.25, -0.2) is 4.98 Å². The Morgan fingerprint density at radius 2 is 2.11 bits per heavy atom. The summed E-state index contributed by atoms with van der Waals surface area (Å²) in [5.74, 6) is 0.914. The summed E-state index contributed by atoms with van der Waals surface area (Å²) in [6.45, 7) is 6.25. The van der Waals surface area contributed by atoms with E-state index in [9.17, 15) is 4.79 Å². The quantitative estimate of drug-likeness (QED) is 0.792. The summed E-state index contributed by atoms with van der Waals surface area (Å²) >= 11 is 0. The zero-order chi connectivity index (χ0) is 13.3. The number of amides is 1. The lowest BCUT2D eigenvalue weighted by atomic mass is 9.85. The Labute approximate surface area is 106 Å². The van der Waals surface area contributed by atoms with E-state index in [0.29, 0.717) is 23.8 Å². The Bertz CT molecular complexity index is 468. The second kappa shape index (κ2) is 4.44. The first-order chi connectivity index (χ1) is 8.41. The van der Waals surface area contributed by atoms with E-state index in [1.807, 2.05) is 0 Å². The van der Waals surface area contributed by atoms with Gasteiger partial charge >= 0.3 is 0 Å². The summed E-state index contributed by atoms with van der Waals surface area (Å²) in [4.78, 5) is 20.1. The van der Waals surface area contributed by atoms with Gasteiger partial charge in [-0.15, -0.1) is 0 Å². The molecule has 1 atom stereocenters. The van der Waals surface area contributed by atoms with Crippen LogP contribution < -0.4 is 15.4 Å². The average molecular weight is 250 g/mol. The number of hydrogen-bond donors (Lipinski definition) is 2. The third-order valence-corrected chi connectivity index (χ3v) is 3.02. The number of rotatable bonds is 1. The number of aromatic nitrogens is 2. The molecule has 1 amide bonds. The average Bonchev–Trinajstić information content (AvgIpc) is 2.45. The molecular weight excluding hydrogens is 232 g/mol. The molecule has 0 radical (unpaired) electrons. The first kappa shape index (κ1) is 12.6. The first-order valence-electron chi connectivity index (χ1n) is 5.87. The molecule has 1 aromatic rings. The molecule has 0 saturated carbocycles. The molecule has 0 spiro atoms. The van der Waals surface area contributed by atoms with E-state index in [-0.39, 0.29) is 17.4 Å². The van der Waals surface area contributed by atoms with Gasteiger partial charge in [0.25, 0.3) is 0 Å². The van der Waals surface area contributed by atoms with Crippen molar-refractivity contribution >= 4 is 17.4 Å². The van der Waals surface area contributed by atoms with Crippen molar-refractivity contribution in [3.63, 3.8) is 0 Å². The highest BCUT2D eigenvalue weighted by Gasteiger charge is 2.31. The van der Waals surface area contributed by atoms with Crippen molar-refractivity contribution in [2.24, 2.45) is 5.41 Å². The van der Waals surface area contributed by atoms with Crippen LogP contribution in [0.5, 0.6) is 5.88 Å². The molecule has 1 aromatic heterocycles. The number of nitrogens with one attached hydrogen (secondary N) is 2. The van der Waals surface area contributed by atoms with Gasteiger partial charge in [0, 0.05) is 12.5 Å². The number of carbonyl (C=O) groups is 1. The standard InChI is InChI=1S/C12H18N4O2/c1-12(2,3)7-5-8(17)16-9-10(15-7)13-6-14-11(9)18-4/h6-7H,5H2,1-4H3,(H,16,17)(H,13,14,15). The molecule has 0 fully saturated rings. The number of nitrogens with zero attached hydrogens (tertiary/aromatic N) is 2. The molecular formula is C12H18N4O2. The van der Waals surface area contributed by atoms with Crippen LogP contribution in [0.2, 0.25) is 0 Å². The fourth-order valence-corrected chi connectivity index (χ4v) is 1.86. The Morgan fingerprint density at radius 3 is 2.72 bits per heavy atom. The van der Waals surface area contributed by atoms with Crippen molar-refractivity contribution < 1.29 is 9.53 Å². The van der Waals surface area contributed by atoms with Crippen LogP contribution in [0.3, 0.4) is 0 Å². The lowest BCUT2D eigenvalue weighted by Gasteiger charge is -2.29. The van der Waals surface area contributed by atoms with Crippen molar-refractivity contribution in [3.8, 4) is 5.88 Å². The summed E-state index contributed by atoms with van der Waals surface area (Å²) in [5, 5.41) is 6.08. The largest absolute Gasteiger partial charge is 0.479 e. The SMILES string of the molecule is COc1ncnc2c1NC(=O)CC(C(C)(C)C)N2. The Balaban J connectivity index is 2.42. The summed E-state index contributed by atoms with van der Waals surface area (Å²) in [7, 11) is 1.51. The molecule has 2 N–H and O–H groups in total. The molecule has 0 saturated heterocycles. The van der Waals surface area contributed by atoms with Crippen LogP contribution in [-0.4, -0.2) is 29.0 Å². The first-order valence-corrected chi connectivity index (χ1v) is 5.87. The number of methoxy groups -OCH3 is 1. The molecule has 6 heteroatoms. The van der Waals surface area contributed by atoms with E-state index >= 15 is 0 Å². The maximum Gasteiger partial charge on any atom is 0.242 e. The van der Waals surface area contributed by atoms with E-state index in [1.54, 1.807) is 0 Å². The van der Waals surface area contributed by atoms with Crippen LogP contribution in [0.15, 0.2) is 6.33 Å². The van der Waals surface area contributed by atoms with E-state index < -0.39 is 0 Å². The van der Waals surface area contributed by atoms with Crippen LogP contribution in [-0.2, 0) is 4.79 Å². The van der Waals surface area contributed by atoms with E-state index in [1.165, 1.54) is 13.4 Å². The lowest BCUT2D eigenvalue weighted by molar-refractivity contribution is -0.116. The molecule has 0 aromatic carbocycles. The van der Waals surface area contributed by atoms with Crippen molar-refractivity contribution in [2.45, 2.75) is 33.2 Å². The van der Waals surface area contributed by atoms with Crippen LogP contribution in [0.4, 0.5) is 11.5 Å². The molecule has 1 aliphatic heterocycles. The van der Waals surface area contributed by atoms with Gasteiger partial charge in [0.05, 0.1) is 7.11 Å². The molecule has 6 nitrogen and oxygen atoms in total. The number of fused-ring (bicyclic) bond motifs is 1. The number of ether oxygens (including phenoxy) is 1. The molecule has 1 unspecified atom stereocenters. The monoisotopic (exact) mass is 250 g/mol. The number of hydrogen-bond acceptors (Lipinski definition) is 5. The van der Waals surface area contributed by atoms with Gasteiger partial charge in [-0.2, -0.15) is 4.98 Å². The predicted molar refractivity (Wildman–Crippen MR) is 68.7 cm³/mol. The van der Waals surface area contributed by atoms with Gasteiger partial charge < -0.3 is 15.4 Å². The highest BCUT2D eigenvalue weighted by Crippen LogP contribution is 2.35. The second-order valence-electron chi connectivity index (χ2n) is 5.42. The van der Waals surface area contributed by atoms with Gasteiger partial charge in [-0.05, 0) is 5.41 Å². The minimum Gasteiger partial charge on any atom is -0.479 e. The smallest absolute Gasteiger partial charge is 0.242 e. The Hall–Kier alpha value is -1.85. The molecule has 1 aliphatic rings. The van der Waals surface area contributed by atoms with Crippen LogP contribution in [0, 0.1) is 5.41 Å². The Kier molecular flexibility index (Phi) is 3.11. The predicted octanol–water partition coefficient (Wildman–Crippen LogP) is 1.65. The molecule has 2 heterocycles. The number of carbonyl (C=O) groups excluding carboxylic acids is 1. The van der Waals surface area contributed by atoms with Gasteiger partial charge in [-0.1, -0.05) is 20.8 Å². The number of anilines is 2. The normalized spacial score (nSPS) is 19.3. The van der Waals surface area contributed by atoms with Crippen LogP contribution >= 0.6 is 0 Å². The van der Waals surface area contributed by atoms with E-state index in [0.717, 1.165) is 0 Å². The van der Waals surface area contributed by atoms with Gasteiger partial charge in [0.15, 0.2) is 5.82 Å². The van der Waals surface area contributed by atoms with E-state index in [4.69, 9.17) is 4.74 Å². The Morgan fingerprint density at radius 1 is 1.39 bits per heavy atom. The zero-order valence-electron chi connectivity index (χ0n) is 11.1. The van der Waals surface area contributed by atoms with E-state index in [2.05, 4.69) is 41.4 Å². The summed E-state index contributed by atoms with van der Waals surface area (Å²) in [6.07, 6.45) is 1.81. The highest BCUT2D eigenvalue weighted by atomic mass is 16.5. The summed E-state index contributed by atoms with van der Waals surface area (Å²) in [6, 6.07) is 0.0124. The topological polar surface area (TPSA) is 76.1 Å². The minimum absolute atomic E-state index is 0.0124. The summed E-state index contributed by atoms with van der Waals surface area (Å²) in [5.41, 5.74) is 0.466. The van der Waals surface area contributed by atoms with Crippen LogP contribution in [0.25, 0.3) is 0 Å². The van der Waals surface area contributed by atoms with Crippen LogP contribution in [0.1, 0.15) is 27.2 Å². The third kappa shape index (κ3) is 2.37. The highest BCUT2D eigenvalue weighted by molar-refractivity contribution is 5.97. The van der Waals surface area contributed by atoms with Gasteiger partial charge in [0.1, 0.15) is 12.0 Å². The van der Waals surface area contributed by atoms with Gasteiger partial charge in [0.2, 0.25) is 11.8 Å². The minimum atomic E-state index is -0.0609. The van der Waals surface area contributed by atoms with Gasteiger partial charge in [-0.3, -0.25) is 4.79 Å². The van der Waals surface area contributed by atoms with Crippen molar-refractivity contribution in [3.05, 3.63) is 6.33 Å². The summed E-state index contributed by atoms with van der Waals surface area (Å²) < 4.78 is 5.13. The van der Waals surface area contributed by atoms with Crippen molar-refractivity contribution in [1.82, 2.24) is 9.97 Å². The fourth-order valence-electron chi connectivity index (χ4n) is 1.86. The van der Waals surface area contributed by atoms with Crippen molar-refractivity contribution in [1.29, 1.82) is 0 Å². The molecule has 98 valence electrons. The molecule has 2 rings (SSSR count). The van der Waals surface area contributed by atoms with Crippen molar-refractivity contribution in [2.75, 3.05) is 17.7 Å². The fraction of sp³-hybridized carbons (Fsp3) is 0.583. The molecule has 18 heavy (non-hydrogen) atoms. The zero-order valence-corrected chi connectivity index (χ0v) is 11.1. The molecule has 0 bridgehead atoms. The maximum atomic E-state index is 11.9. The maximum absolute atomic E-state index is 11.9. The third-order valence-electron chi connectivity index (χ3n) is 3.02.